The first-order valence-electron chi connectivity index (χ1n) is 2.51. The van der Waals surface area contributed by atoms with Crippen molar-refractivity contribution in [3.63, 3.8) is 0 Å². The quantitative estimate of drug-likeness (QED) is 0.478. The zero-order valence-electron chi connectivity index (χ0n) is 4.69. The van der Waals surface area contributed by atoms with Gasteiger partial charge in [0, 0.05) is 0 Å². The maximum atomic E-state index is 12.1. The Morgan fingerprint density at radius 1 is 1.12 bits per heavy atom. The largest absolute Gasteiger partial charge is 0.207 e. The molecule has 42 valence electrons. The molecular weight excluding hydrogens is 102 g/mol. The number of halogens is 1. The first-order chi connectivity index (χ1) is 3.79. The van der Waals surface area contributed by atoms with Crippen molar-refractivity contribution in [1.82, 2.24) is 0 Å². The Morgan fingerprint density at radius 2 is 1.62 bits per heavy atom. The summed E-state index contributed by atoms with van der Waals surface area (Å²) < 4.78 is 12.1. The maximum Gasteiger partial charge on any atom is 0.123 e. The predicted molar refractivity (Wildman–Crippen MR) is 31.1 cm³/mol. The van der Waals surface area contributed by atoms with Crippen LogP contribution in [0.5, 0.6) is 0 Å². The van der Waals surface area contributed by atoms with Gasteiger partial charge in [0.25, 0.3) is 0 Å². The van der Waals surface area contributed by atoms with Crippen LogP contribution in [-0.2, 0) is 0 Å². The summed E-state index contributed by atoms with van der Waals surface area (Å²) in [5.41, 5.74) is 1.09. The third-order valence-corrected chi connectivity index (χ3v) is 1.01. The molecule has 0 N–H and O–H groups in total. The molecule has 0 aliphatic carbocycles. The Bertz CT molecular complexity index is 143. The molecule has 0 nitrogen and oxygen atoms in total. The first kappa shape index (κ1) is 5.29. The second-order valence-corrected chi connectivity index (χ2v) is 1.80. The second-order valence-electron chi connectivity index (χ2n) is 1.80. The van der Waals surface area contributed by atoms with Gasteiger partial charge in [-0.05, 0) is 19.1 Å². The van der Waals surface area contributed by atoms with E-state index in [9.17, 15) is 4.39 Å². The number of benzene rings is 1. The van der Waals surface area contributed by atoms with Crippen LogP contribution in [0.15, 0.2) is 24.3 Å². The van der Waals surface area contributed by atoms with Gasteiger partial charge in [-0.1, -0.05) is 17.7 Å². The molecule has 0 aliphatic heterocycles. The molecule has 0 spiro atoms. The summed E-state index contributed by atoms with van der Waals surface area (Å²) in [6.45, 7) is 1.93. The molecule has 0 amide bonds. The van der Waals surface area contributed by atoms with Crippen LogP contribution in [0.2, 0.25) is 0 Å². The minimum Gasteiger partial charge on any atom is -0.207 e. The van der Waals surface area contributed by atoms with Gasteiger partial charge in [0.1, 0.15) is 5.82 Å². The van der Waals surface area contributed by atoms with Gasteiger partial charge >= 0.3 is 0 Å². The van der Waals surface area contributed by atoms with Gasteiger partial charge in [-0.3, -0.25) is 0 Å². The van der Waals surface area contributed by atoms with Crippen molar-refractivity contribution < 1.29 is 4.39 Å². The molecule has 1 rings (SSSR count). The summed E-state index contributed by atoms with van der Waals surface area (Å²) in [6, 6.07) is 6.40. The van der Waals surface area contributed by atoms with E-state index in [-0.39, 0.29) is 5.82 Å². The molecule has 0 radical (unpaired) electrons. The van der Waals surface area contributed by atoms with E-state index in [0.29, 0.717) is 0 Å². The van der Waals surface area contributed by atoms with Crippen LogP contribution < -0.4 is 0 Å². The van der Waals surface area contributed by atoms with Crippen LogP contribution in [0.1, 0.15) is 5.56 Å². The average Bonchev–Trinajstić information content (AvgIpc) is 1.77. The fraction of sp³-hybridized carbons (Fsp3) is 0.143. The minimum absolute atomic E-state index is 0.171. The van der Waals surface area contributed by atoms with Crippen molar-refractivity contribution in [2.45, 2.75) is 6.92 Å². The van der Waals surface area contributed by atoms with Crippen LogP contribution in [0.25, 0.3) is 0 Å². The van der Waals surface area contributed by atoms with Crippen LogP contribution >= 0.6 is 0 Å². The van der Waals surface area contributed by atoms with E-state index in [1.54, 1.807) is 12.1 Å². The molecule has 0 bridgehead atoms. The Labute approximate surface area is 48.0 Å². The van der Waals surface area contributed by atoms with Gasteiger partial charge in [-0.25, -0.2) is 4.39 Å². The molecule has 0 saturated heterocycles. The van der Waals surface area contributed by atoms with E-state index < -0.39 is 0 Å². The minimum atomic E-state index is -0.171. The van der Waals surface area contributed by atoms with Gasteiger partial charge in [-0.15, -0.1) is 0 Å². The normalized spacial score (nSPS) is 9.25. The van der Waals surface area contributed by atoms with Gasteiger partial charge in [0.2, 0.25) is 0 Å². The molecule has 0 saturated carbocycles. The standard InChI is InChI=1S/C7H7F/c1-6-2-4-7(8)5-3-6/h2-5H,1H3/i8-1. The molecule has 0 unspecified atom stereocenters. The number of aryl methyl sites for hydroxylation is 1. The van der Waals surface area contributed by atoms with Crippen LogP contribution in [-0.4, -0.2) is 0 Å². The van der Waals surface area contributed by atoms with E-state index in [1.807, 2.05) is 6.92 Å². The highest BCUT2D eigenvalue weighted by atomic mass is 18.2. The first-order valence-corrected chi connectivity index (χ1v) is 2.51. The SMILES string of the molecule is Cc1ccc([18F])cc1. The topological polar surface area (TPSA) is 0 Å². The molecule has 0 fully saturated rings. The van der Waals surface area contributed by atoms with Crippen LogP contribution in [0.3, 0.4) is 0 Å². The summed E-state index contributed by atoms with van der Waals surface area (Å²) in [6.07, 6.45) is 0. The van der Waals surface area contributed by atoms with E-state index in [1.165, 1.54) is 12.1 Å². The predicted octanol–water partition coefficient (Wildman–Crippen LogP) is 2.13. The summed E-state index contributed by atoms with van der Waals surface area (Å²) in [5, 5.41) is 0. The summed E-state index contributed by atoms with van der Waals surface area (Å²) in [5.74, 6) is -0.171. The van der Waals surface area contributed by atoms with Gasteiger partial charge in [0.15, 0.2) is 0 Å². The smallest absolute Gasteiger partial charge is 0.123 e. The van der Waals surface area contributed by atoms with E-state index in [2.05, 4.69) is 0 Å². The van der Waals surface area contributed by atoms with Crippen LogP contribution in [0.4, 0.5) is 4.39 Å². The van der Waals surface area contributed by atoms with E-state index in [0.717, 1.165) is 5.56 Å². The molecule has 0 aliphatic rings. The lowest BCUT2D eigenvalue weighted by atomic mass is 10.2. The third kappa shape index (κ3) is 1.06. The fourth-order valence-corrected chi connectivity index (χ4v) is 0.533. The molecule has 0 atom stereocenters. The molecule has 1 heteroatoms. The average molecular weight is 109 g/mol. The van der Waals surface area contributed by atoms with Crippen molar-refractivity contribution >= 4 is 0 Å². The monoisotopic (exact) mass is 109 g/mol. The van der Waals surface area contributed by atoms with Crippen molar-refractivity contribution in [2.75, 3.05) is 0 Å². The Kier molecular flexibility index (Phi) is 1.29. The van der Waals surface area contributed by atoms with Crippen molar-refractivity contribution in [1.29, 1.82) is 0 Å². The lowest BCUT2D eigenvalue weighted by Gasteiger charge is -1.87. The lowest BCUT2D eigenvalue weighted by molar-refractivity contribution is 0.627. The molecule has 0 heterocycles. The molecule has 1 aromatic rings. The fourth-order valence-electron chi connectivity index (χ4n) is 0.533. The summed E-state index contributed by atoms with van der Waals surface area (Å²) in [4.78, 5) is 0. The summed E-state index contributed by atoms with van der Waals surface area (Å²) >= 11 is 0. The molecule has 1 aromatic carbocycles. The third-order valence-electron chi connectivity index (χ3n) is 1.01. The highest BCUT2D eigenvalue weighted by molar-refractivity contribution is 5.13. The Balaban J connectivity index is 3.03. The van der Waals surface area contributed by atoms with E-state index in [4.69, 9.17) is 0 Å². The number of hydrogen-bond donors (Lipinski definition) is 0. The molecule has 0 aromatic heterocycles. The second kappa shape index (κ2) is 1.95. The highest BCUT2D eigenvalue weighted by Crippen LogP contribution is 1.98. The van der Waals surface area contributed by atoms with Gasteiger partial charge in [0.05, 0.1) is 0 Å². The highest BCUT2D eigenvalue weighted by Gasteiger charge is 1.83. The van der Waals surface area contributed by atoms with E-state index >= 15 is 0 Å². The van der Waals surface area contributed by atoms with Crippen molar-refractivity contribution in [3.8, 4) is 0 Å². The van der Waals surface area contributed by atoms with Crippen molar-refractivity contribution in [3.05, 3.63) is 35.6 Å². The van der Waals surface area contributed by atoms with Crippen LogP contribution in [0, 0.1) is 12.7 Å². The van der Waals surface area contributed by atoms with Gasteiger partial charge in [-0.2, -0.15) is 0 Å². The lowest BCUT2D eigenvalue weighted by Crippen LogP contribution is -1.71. The van der Waals surface area contributed by atoms with Gasteiger partial charge < -0.3 is 0 Å². The maximum absolute atomic E-state index is 12.1. The van der Waals surface area contributed by atoms with Crippen molar-refractivity contribution in [2.24, 2.45) is 0 Å². The Hall–Kier alpha value is -0.850. The Morgan fingerprint density at radius 3 is 2.00 bits per heavy atom. The number of hydrogen-bond acceptors (Lipinski definition) is 0. The zero-order chi connectivity index (χ0) is 5.98. The number of rotatable bonds is 0. The molecule has 8 heavy (non-hydrogen) atoms. The zero-order valence-corrected chi connectivity index (χ0v) is 4.69. The summed E-state index contributed by atoms with van der Waals surface area (Å²) in [7, 11) is 0. The molecular formula is C7H7F.